The van der Waals surface area contributed by atoms with E-state index in [1.165, 1.54) is 38.9 Å². The molecule has 114 valence electrons. The molecule has 1 fully saturated rings. The minimum absolute atomic E-state index is 0.220. The Kier molecular flexibility index (Phi) is 6.78. The number of hydrogen-bond donors (Lipinski definition) is 1. The number of rotatable bonds is 5. The van der Waals surface area contributed by atoms with Crippen molar-refractivity contribution in [3.63, 3.8) is 0 Å². The fourth-order valence-electron chi connectivity index (χ4n) is 3.08. The molecule has 0 spiro atoms. The smallest absolute Gasteiger partial charge is 0.0224 e. The molecule has 1 heterocycles. The summed E-state index contributed by atoms with van der Waals surface area (Å²) in [4.78, 5) is 5.22. The Morgan fingerprint density at radius 1 is 1.26 bits per heavy atom. The van der Waals surface area contributed by atoms with Crippen molar-refractivity contribution in [1.82, 2.24) is 15.1 Å². The highest BCUT2D eigenvalue weighted by molar-refractivity contribution is 4.84. The molecule has 0 radical (unpaired) electrons. The van der Waals surface area contributed by atoms with Gasteiger partial charge in [-0.2, -0.15) is 0 Å². The number of nitrogens with zero attached hydrogens (tertiary/aromatic N) is 2. The van der Waals surface area contributed by atoms with Crippen molar-refractivity contribution in [2.75, 3.05) is 33.2 Å². The zero-order valence-corrected chi connectivity index (χ0v) is 14.0. The molecule has 1 aliphatic heterocycles. The van der Waals surface area contributed by atoms with E-state index in [1.807, 2.05) is 0 Å². The largest absolute Gasteiger partial charge is 0.311 e. The summed E-state index contributed by atoms with van der Waals surface area (Å²) < 4.78 is 0. The normalized spacial score (nSPS) is 25.3. The molecule has 2 unspecified atom stereocenters. The molecule has 0 amide bonds. The van der Waals surface area contributed by atoms with E-state index in [2.05, 4.69) is 56.8 Å². The Labute approximate surface area is 120 Å². The van der Waals surface area contributed by atoms with Crippen molar-refractivity contribution in [3.8, 4) is 0 Å². The van der Waals surface area contributed by atoms with Gasteiger partial charge in [0.15, 0.2) is 0 Å². The first kappa shape index (κ1) is 16.9. The van der Waals surface area contributed by atoms with Crippen LogP contribution in [-0.4, -0.2) is 60.6 Å². The maximum Gasteiger partial charge on any atom is 0.0224 e. The Bertz CT molecular complexity index is 247. The molecule has 1 aliphatic rings. The molecular weight excluding hydrogens is 234 g/mol. The molecule has 0 bridgehead atoms. The molecule has 0 aromatic rings. The predicted molar refractivity (Wildman–Crippen MR) is 84.7 cm³/mol. The maximum atomic E-state index is 3.70. The molecule has 2 atom stereocenters. The van der Waals surface area contributed by atoms with Crippen LogP contribution in [0, 0.1) is 0 Å². The summed E-state index contributed by atoms with van der Waals surface area (Å²) in [6, 6.07) is 1.36. The average molecular weight is 269 g/mol. The van der Waals surface area contributed by atoms with Gasteiger partial charge in [0.25, 0.3) is 0 Å². The third-order valence-corrected chi connectivity index (χ3v) is 4.06. The van der Waals surface area contributed by atoms with Gasteiger partial charge in [-0.25, -0.2) is 0 Å². The van der Waals surface area contributed by atoms with E-state index in [1.54, 1.807) is 0 Å². The van der Waals surface area contributed by atoms with Crippen LogP contribution in [0.1, 0.15) is 53.9 Å². The van der Waals surface area contributed by atoms with Gasteiger partial charge in [0.2, 0.25) is 0 Å². The lowest BCUT2D eigenvalue weighted by Gasteiger charge is -2.37. The fourth-order valence-corrected chi connectivity index (χ4v) is 3.08. The van der Waals surface area contributed by atoms with E-state index in [4.69, 9.17) is 0 Å². The highest BCUT2D eigenvalue weighted by Crippen LogP contribution is 2.16. The quantitative estimate of drug-likeness (QED) is 0.827. The van der Waals surface area contributed by atoms with Crippen LogP contribution in [0.4, 0.5) is 0 Å². The highest BCUT2D eigenvalue weighted by Gasteiger charge is 2.26. The van der Waals surface area contributed by atoms with E-state index < -0.39 is 0 Å². The zero-order chi connectivity index (χ0) is 14.5. The van der Waals surface area contributed by atoms with Crippen molar-refractivity contribution >= 4 is 0 Å². The van der Waals surface area contributed by atoms with Crippen LogP contribution in [0.2, 0.25) is 0 Å². The number of hydrogen-bond acceptors (Lipinski definition) is 3. The zero-order valence-electron chi connectivity index (χ0n) is 14.0. The Balaban J connectivity index is 2.62. The van der Waals surface area contributed by atoms with Crippen LogP contribution >= 0.6 is 0 Å². The van der Waals surface area contributed by atoms with E-state index >= 15 is 0 Å². The predicted octanol–water partition coefficient (Wildman–Crippen LogP) is 2.57. The summed E-state index contributed by atoms with van der Waals surface area (Å²) in [5, 5.41) is 3.70. The Hall–Kier alpha value is -0.120. The van der Waals surface area contributed by atoms with Gasteiger partial charge < -0.3 is 10.2 Å². The van der Waals surface area contributed by atoms with Gasteiger partial charge in [-0.1, -0.05) is 13.3 Å². The first-order chi connectivity index (χ1) is 8.83. The van der Waals surface area contributed by atoms with E-state index in [0.29, 0.717) is 12.1 Å². The third-order valence-electron chi connectivity index (χ3n) is 4.06. The molecule has 1 N–H and O–H groups in total. The topological polar surface area (TPSA) is 18.5 Å². The van der Waals surface area contributed by atoms with Crippen molar-refractivity contribution in [2.45, 2.75) is 71.5 Å². The van der Waals surface area contributed by atoms with Gasteiger partial charge in [-0.3, -0.25) is 4.90 Å². The van der Waals surface area contributed by atoms with Crippen LogP contribution in [0.3, 0.4) is 0 Å². The molecule has 1 rings (SSSR count). The van der Waals surface area contributed by atoms with E-state index in [-0.39, 0.29) is 5.54 Å². The number of likely N-dealkylation sites (N-methyl/N-ethyl adjacent to an activating group) is 1. The van der Waals surface area contributed by atoms with Crippen molar-refractivity contribution in [3.05, 3.63) is 0 Å². The van der Waals surface area contributed by atoms with Gasteiger partial charge in [-0.15, -0.1) is 0 Å². The molecule has 3 heteroatoms. The summed E-state index contributed by atoms with van der Waals surface area (Å²) in [7, 11) is 2.25. The van der Waals surface area contributed by atoms with Crippen molar-refractivity contribution in [1.29, 1.82) is 0 Å². The van der Waals surface area contributed by atoms with E-state index in [9.17, 15) is 0 Å². The van der Waals surface area contributed by atoms with Gasteiger partial charge in [0.1, 0.15) is 0 Å². The third kappa shape index (κ3) is 6.24. The Morgan fingerprint density at radius 2 is 1.95 bits per heavy atom. The van der Waals surface area contributed by atoms with Gasteiger partial charge >= 0.3 is 0 Å². The summed E-state index contributed by atoms with van der Waals surface area (Å²) in [6.45, 7) is 16.3. The second-order valence-corrected chi connectivity index (χ2v) is 7.28. The SMILES string of the molecule is CCCC(CNC(C)(C)C)N1CCCN(C)CC1C. The molecule has 0 aromatic heterocycles. The first-order valence-electron chi connectivity index (χ1n) is 8.03. The van der Waals surface area contributed by atoms with Crippen LogP contribution in [0.5, 0.6) is 0 Å². The molecule has 0 aromatic carbocycles. The lowest BCUT2D eigenvalue weighted by molar-refractivity contribution is 0.127. The van der Waals surface area contributed by atoms with Crippen molar-refractivity contribution < 1.29 is 0 Å². The lowest BCUT2D eigenvalue weighted by atomic mass is 10.0. The summed E-state index contributed by atoms with van der Waals surface area (Å²) >= 11 is 0. The second kappa shape index (κ2) is 7.61. The summed E-state index contributed by atoms with van der Waals surface area (Å²) in [5.41, 5.74) is 0.220. The number of nitrogens with one attached hydrogen (secondary N) is 1. The summed E-state index contributed by atoms with van der Waals surface area (Å²) in [6.07, 6.45) is 3.88. The molecule has 0 aliphatic carbocycles. The van der Waals surface area contributed by atoms with Crippen molar-refractivity contribution in [2.24, 2.45) is 0 Å². The fraction of sp³-hybridized carbons (Fsp3) is 1.00. The Morgan fingerprint density at radius 3 is 2.53 bits per heavy atom. The molecule has 0 saturated carbocycles. The van der Waals surface area contributed by atoms with E-state index in [0.717, 1.165) is 6.54 Å². The minimum Gasteiger partial charge on any atom is -0.311 e. The first-order valence-corrected chi connectivity index (χ1v) is 8.03. The minimum atomic E-state index is 0.220. The standard InChI is InChI=1S/C16H35N3/c1-7-9-15(12-17-16(3,4)5)19-11-8-10-18(6)13-14(19)2/h14-15,17H,7-13H2,1-6H3. The van der Waals surface area contributed by atoms with Crippen LogP contribution in [0.25, 0.3) is 0 Å². The molecule has 19 heavy (non-hydrogen) atoms. The second-order valence-electron chi connectivity index (χ2n) is 7.28. The van der Waals surface area contributed by atoms with Crippen LogP contribution < -0.4 is 5.32 Å². The highest BCUT2D eigenvalue weighted by atomic mass is 15.3. The average Bonchev–Trinajstić information content (AvgIpc) is 2.44. The summed E-state index contributed by atoms with van der Waals surface area (Å²) in [5.74, 6) is 0. The maximum absolute atomic E-state index is 3.70. The van der Waals surface area contributed by atoms with Gasteiger partial charge in [0, 0.05) is 37.3 Å². The van der Waals surface area contributed by atoms with Crippen LogP contribution in [-0.2, 0) is 0 Å². The molecular formula is C16H35N3. The molecule has 1 saturated heterocycles. The van der Waals surface area contributed by atoms with Gasteiger partial charge in [-0.05, 0) is 54.1 Å². The van der Waals surface area contributed by atoms with Gasteiger partial charge in [0.05, 0.1) is 0 Å². The van der Waals surface area contributed by atoms with Crippen LogP contribution in [0.15, 0.2) is 0 Å². The lowest BCUT2D eigenvalue weighted by Crippen LogP contribution is -2.51. The molecule has 3 nitrogen and oxygen atoms in total. The monoisotopic (exact) mass is 269 g/mol.